The van der Waals surface area contributed by atoms with Crippen molar-refractivity contribution in [3.05, 3.63) is 45.0 Å². The lowest BCUT2D eigenvalue weighted by Crippen LogP contribution is -2.25. The smallest absolute Gasteiger partial charge is 0.287 e. The third-order valence-corrected chi connectivity index (χ3v) is 3.60. The van der Waals surface area contributed by atoms with E-state index >= 15 is 0 Å². The quantitative estimate of drug-likeness (QED) is 0.941. The summed E-state index contributed by atoms with van der Waals surface area (Å²) in [5.74, 6) is 0.113. The topological polar surface area (TPSA) is 42.2 Å². The second kappa shape index (κ2) is 4.84. The van der Waals surface area contributed by atoms with Crippen LogP contribution in [0.25, 0.3) is 0 Å². The number of halogens is 1. The summed E-state index contributed by atoms with van der Waals surface area (Å²) in [5.41, 5.74) is 0. The van der Waals surface area contributed by atoms with E-state index in [1.165, 1.54) is 0 Å². The Balaban J connectivity index is 2.03. The molecule has 16 heavy (non-hydrogen) atoms. The van der Waals surface area contributed by atoms with Crippen LogP contribution < -0.4 is 5.32 Å². The molecule has 1 atom stereocenters. The number of carbonyl (C=O) groups excluding carboxylic acids is 1. The van der Waals surface area contributed by atoms with Crippen molar-refractivity contribution in [3.8, 4) is 0 Å². The van der Waals surface area contributed by atoms with Gasteiger partial charge in [0.05, 0.1) is 6.04 Å². The highest BCUT2D eigenvalue weighted by Gasteiger charge is 2.14. The number of nitrogens with one attached hydrogen (secondary N) is 1. The zero-order valence-electron chi connectivity index (χ0n) is 8.57. The highest BCUT2D eigenvalue weighted by atomic mass is 79.9. The largest absolute Gasteiger partial charge is 0.444 e. The SMILES string of the molecule is CC(NC(=O)c1ccc(Br)o1)c1cccs1. The summed E-state index contributed by atoms with van der Waals surface area (Å²) in [4.78, 5) is 12.9. The highest BCUT2D eigenvalue weighted by Crippen LogP contribution is 2.19. The molecule has 3 nitrogen and oxygen atoms in total. The monoisotopic (exact) mass is 299 g/mol. The van der Waals surface area contributed by atoms with Crippen LogP contribution in [0.1, 0.15) is 28.4 Å². The Morgan fingerprint density at radius 3 is 2.88 bits per heavy atom. The number of furan rings is 1. The first-order valence-corrected chi connectivity index (χ1v) is 6.43. The first-order valence-electron chi connectivity index (χ1n) is 4.76. The van der Waals surface area contributed by atoms with E-state index in [2.05, 4.69) is 21.2 Å². The molecule has 5 heteroatoms. The lowest BCUT2D eigenvalue weighted by molar-refractivity contribution is 0.0911. The summed E-state index contributed by atoms with van der Waals surface area (Å²) in [6, 6.07) is 7.29. The van der Waals surface area contributed by atoms with Gasteiger partial charge in [0.15, 0.2) is 10.4 Å². The molecule has 0 aliphatic carbocycles. The van der Waals surface area contributed by atoms with Gasteiger partial charge in [0.2, 0.25) is 0 Å². The minimum Gasteiger partial charge on any atom is -0.444 e. The number of hydrogen-bond acceptors (Lipinski definition) is 3. The molecule has 2 rings (SSSR count). The summed E-state index contributed by atoms with van der Waals surface area (Å²) >= 11 is 4.78. The second-order valence-corrected chi connectivity index (χ2v) is 5.08. The zero-order valence-corrected chi connectivity index (χ0v) is 11.0. The van der Waals surface area contributed by atoms with Gasteiger partial charge in [0.1, 0.15) is 0 Å². The molecular formula is C11H10BrNO2S. The van der Waals surface area contributed by atoms with E-state index in [0.717, 1.165) is 4.88 Å². The number of rotatable bonds is 3. The molecule has 1 unspecified atom stereocenters. The molecule has 2 aromatic rings. The van der Waals surface area contributed by atoms with E-state index in [0.29, 0.717) is 10.4 Å². The third kappa shape index (κ3) is 2.54. The normalized spacial score (nSPS) is 12.4. The van der Waals surface area contributed by atoms with Gasteiger partial charge in [-0.3, -0.25) is 4.79 Å². The summed E-state index contributed by atoms with van der Waals surface area (Å²) in [5, 5.41) is 4.86. The first-order chi connectivity index (χ1) is 7.66. The van der Waals surface area contributed by atoms with Gasteiger partial charge in [-0.15, -0.1) is 11.3 Å². The molecule has 0 aliphatic heterocycles. The van der Waals surface area contributed by atoms with Gasteiger partial charge < -0.3 is 9.73 Å². The van der Waals surface area contributed by atoms with Gasteiger partial charge in [0.25, 0.3) is 5.91 Å². The average molecular weight is 300 g/mol. The lowest BCUT2D eigenvalue weighted by Gasteiger charge is -2.10. The van der Waals surface area contributed by atoms with Crippen LogP contribution in [-0.2, 0) is 0 Å². The molecule has 2 aromatic heterocycles. The Hall–Kier alpha value is -1.07. The van der Waals surface area contributed by atoms with Crippen LogP contribution in [0.5, 0.6) is 0 Å². The molecule has 1 N–H and O–H groups in total. The molecule has 0 radical (unpaired) electrons. The lowest BCUT2D eigenvalue weighted by atomic mass is 10.2. The number of amides is 1. The minimum absolute atomic E-state index is 0.00336. The van der Waals surface area contributed by atoms with E-state index in [9.17, 15) is 4.79 Å². The fraction of sp³-hybridized carbons (Fsp3) is 0.182. The van der Waals surface area contributed by atoms with Crippen LogP contribution in [-0.4, -0.2) is 5.91 Å². The molecule has 0 saturated carbocycles. The zero-order chi connectivity index (χ0) is 11.5. The van der Waals surface area contributed by atoms with Gasteiger partial charge in [-0.2, -0.15) is 0 Å². The number of hydrogen-bond donors (Lipinski definition) is 1. The molecule has 0 fully saturated rings. The fourth-order valence-electron chi connectivity index (χ4n) is 1.31. The van der Waals surface area contributed by atoms with Crippen LogP contribution in [0.2, 0.25) is 0 Å². The maximum absolute atomic E-state index is 11.7. The second-order valence-electron chi connectivity index (χ2n) is 3.31. The van der Waals surface area contributed by atoms with Gasteiger partial charge in [-0.1, -0.05) is 6.07 Å². The van der Waals surface area contributed by atoms with Crippen LogP contribution >= 0.6 is 27.3 Å². The minimum atomic E-state index is -0.202. The molecule has 0 saturated heterocycles. The average Bonchev–Trinajstić information content (AvgIpc) is 2.87. The third-order valence-electron chi connectivity index (χ3n) is 2.11. The van der Waals surface area contributed by atoms with E-state index in [1.54, 1.807) is 23.5 Å². The molecule has 1 amide bonds. The fourth-order valence-corrected chi connectivity index (χ4v) is 2.35. The van der Waals surface area contributed by atoms with Crippen LogP contribution in [0.3, 0.4) is 0 Å². The predicted molar refractivity (Wildman–Crippen MR) is 66.6 cm³/mol. The van der Waals surface area contributed by atoms with E-state index in [1.807, 2.05) is 24.4 Å². The molecule has 0 aromatic carbocycles. The number of thiophene rings is 1. The molecule has 0 aliphatic rings. The van der Waals surface area contributed by atoms with Crippen molar-refractivity contribution in [1.82, 2.24) is 5.32 Å². The standard InChI is InChI=1S/C11H10BrNO2S/c1-7(9-3-2-6-16-9)13-11(14)8-4-5-10(12)15-8/h2-7H,1H3,(H,13,14). The molecule has 0 spiro atoms. The van der Waals surface area contributed by atoms with Gasteiger partial charge in [-0.25, -0.2) is 0 Å². The van der Waals surface area contributed by atoms with Crippen molar-refractivity contribution >= 4 is 33.2 Å². The first kappa shape index (κ1) is 11.4. The van der Waals surface area contributed by atoms with Crippen molar-refractivity contribution in [2.75, 3.05) is 0 Å². The van der Waals surface area contributed by atoms with Crippen molar-refractivity contribution in [2.45, 2.75) is 13.0 Å². The maximum atomic E-state index is 11.7. The highest BCUT2D eigenvalue weighted by molar-refractivity contribution is 9.10. The summed E-state index contributed by atoms with van der Waals surface area (Å²) in [6.07, 6.45) is 0. The van der Waals surface area contributed by atoms with Crippen molar-refractivity contribution in [2.24, 2.45) is 0 Å². The molecule has 84 valence electrons. The Morgan fingerprint density at radius 2 is 2.31 bits per heavy atom. The molecule has 0 bridgehead atoms. The Morgan fingerprint density at radius 1 is 1.50 bits per heavy atom. The van der Waals surface area contributed by atoms with Crippen molar-refractivity contribution < 1.29 is 9.21 Å². The Bertz CT molecular complexity index is 478. The van der Waals surface area contributed by atoms with E-state index in [-0.39, 0.29) is 11.9 Å². The molecular weight excluding hydrogens is 290 g/mol. The summed E-state index contributed by atoms with van der Waals surface area (Å²) in [7, 11) is 0. The van der Waals surface area contributed by atoms with Crippen molar-refractivity contribution in [1.29, 1.82) is 0 Å². The van der Waals surface area contributed by atoms with Gasteiger partial charge in [-0.05, 0) is 46.4 Å². The molecule has 2 heterocycles. The van der Waals surface area contributed by atoms with Crippen LogP contribution in [0, 0.1) is 0 Å². The summed E-state index contributed by atoms with van der Waals surface area (Å²) in [6.45, 7) is 1.95. The van der Waals surface area contributed by atoms with Crippen molar-refractivity contribution in [3.63, 3.8) is 0 Å². The maximum Gasteiger partial charge on any atom is 0.287 e. The van der Waals surface area contributed by atoms with E-state index < -0.39 is 0 Å². The van der Waals surface area contributed by atoms with Crippen LogP contribution in [0.4, 0.5) is 0 Å². The number of carbonyl (C=O) groups is 1. The van der Waals surface area contributed by atoms with Gasteiger partial charge in [0, 0.05) is 4.88 Å². The van der Waals surface area contributed by atoms with Crippen LogP contribution in [0.15, 0.2) is 38.7 Å². The Labute approximate surface area is 106 Å². The summed E-state index contributed by atoms with van der Waals surface area (Å²) < 4.78 is 5.73. The predicted octanol–water partition coefficient (Wildman–Crippen LogP) is 3.59. The van der Waals surface area contributed by atoms with Gasteiger partial charge >= 0.3 is 0 Å². The van der Waals surface area contributed by atoms with E-state index in [4.69, 9.17) is 4.42 Å². The Kier molecular flexibility index (Phi) is 3.46.